The molecule has 32 heavy (non-hydrogen) atoms. The topological polar surface area (TPSA) is 111 Å². The van der Waals surface area contributed by atoms with Gasteiger partial charge in [0.2, 0.25) is 5.91 Å². The molecule has 1 saturated heterocycles. The van der Waals surface area contributed by atoms with Crippen molar-refractivity contribution in [2.75, 3.05) is 63.2 Å². The van der Waals surface area contributed by atoms with E-state index in [1.54, 1.807) is 49.6 Å². The van der Waals surface area contributed by atoms with Crippen LogP contribution in [0.2, 0.25) is 0 Å². The number of ether oxygens (including phenoxy) is 1. The van der Waals surface area contributed by atoms with E-state index in [0.29, 0.717) is 51.4 Å². The van der Waals surface area contributed by atoms with Gasteiger partial charge in [0.05, 0.1) is 24.4 Å². The molecule has 1 heterocycles. The molecule has 0 spiro atoms. The summed E-state index contributed by atoms with van der Waals surface area (Å²) in [5.74, 6) is -1.51. The van der Waals surface area contributed by atoms with Gasteiger partial charge in [-0.3, -0.25) is 14.5 Å². The highest BCUT2D eigenvalue weighted by atomic mass is 16.5. The Balaban J connectivity index is 1.61. The maximum absolute atomic E-state index is 12.4. The first-order valence-corrected chi connectivity index (χ1v) is 10.4. The number of hydrogen-bond acceptors (Lipinski definition) is 6. The van der Waals surface area contributed by atoms with Gasteiger partial charge in [-0.1, -0.05) is 18.2 Å². The Morgan fingerprint density at radius 1 is 1.03 bits per heavy atom. The van der Waals surface area contributed by atoms with Gasteiger partial charge in [-0.2, -0.15) is 0 Å². The second-order valence-electron chi connectivity index (χ2n) is 7.46. The molecule has 0 saturated carbocycles. The van der Waals surface area contributed by atoms with Gasteiger partial charge in [0, 0.05) is 51.1 Å². The second kappa shape index (κ2) is 11.3. The maximum atomic E-state index is 12.4. The van der Waals surface area contributed by atoms with Crippen LogP contribution in [0.1, 0.15) is 20.7 Å². The first-order chi connectivity index (χ1) is 15.5. The lowest BCUT2D eigenvalue weighted by Crippen LogP contribution is -2.49. The molecule has 2 aromatic rings. The van der Waals surface area contributed by atoms with Gasteiger partial charge in [-0.15, -0.1) is 0 Å². The highest BCUT2D eigenvalue weighted by molar-refractivity contribution is 6.08. The molecule has 9 nitrogen and oxygen atoms in total. The third-order valence-electron chi connectivity index (χ3n) is 5.25. The molecule has 2 aromatic carbocycles. The lowest BCUT2D eigenvalue weighted by Gasteiger charge is -2.36. The molecular weight excluding hydrogens is 412 g/mol. The minimum Gasteiger partial charge on any atom is -0.478 e. The number of carboxylic acid groups (broad SMARTS) is 1. The third-order valence-corrected chi connectivity index (χ3v) is 5.25. The summed E-state index contributed by atoms with van der Waals surface area (Å²) in [7, 11) is 1.59. The normalized spacial score (nSPS) is 14.1. The summed E-state index contributed by atoms with van der Waals surface area (Å²) in [5, 5.41) is 15.2. The van der Waals surface area contributed by atoms with Crippen LogP contribution in [0.3, 0.4) is 0 Å². The highest BCUT2D eigenvalue weighted by Gasteiger charge is 2.21. The number of piperazine rings is 1. The van der Waals surface area contributed by atoms with Gasteiger partial charge < -0.3 is 25.4 Å². The second-order valence-corrected chi connectivity index (χ2v) is 7.46. The standard InChI is InChI=1S/C23H28N4O5/c1-32-14-9-24-21(28)16-26-10-12-27(13-11-26)18-7-8-20(19(15-18)23(30)31)25-22(29)17-5-3-2-4-6-17/h2-8,15H,9-14,16H2,1H3,(H,24,28)(H,25,29)(H,30,31). The van der Waals surface area contributed by atoms with Crippen molar-refractivity contribution < 1.29 is 24.2 Å². The Hall–Kier alpha value is -3.43. The van der Waals surface area contributed by atoms with Crippen molar-refractivity contribution in [3.05, 3.63) is 59.7 Å². The van der Waals surface area contributed by atoms with Crippen LogP contribution in [0.4, 0.5) is 11.4 Å². The first-order valence-electron chi connectivity index (χ1n) is 10.4. The summed E-state index contributed by atoms with van der Waals surface area (Å²) >= 11 is 0. The molecule has 1 fully saturated rings. The molecule has 0 unspecified atom stereocenters. The number of anilines is 2. The van der Waals surface area contributed by atoms with Crippen LogP contribution in [0, 0.1) is 0 Å². The summed E-state index contributed by atoms with van der Waals surface area (Å²) in [6.45, 7) is 4.00. The molecule has 9 heteroatoms. The summed E-state index contributed by atoms with van der Waals surface area (Å²) < 4.78 is 4.92. The van der Waals surface area contributed by atoms with E-state index in [4.69, 9.17) is 4.74 Å². The van der Waals surface area contributed by atoms with Crippen LogP contribution in [-0.2, 0) is 9.53 Å². The fraction of sp³-hybridized carbons (Fsp3) is 0.348. The lowest BCUT2D eigenvalue weighted by atomic mass is 10.1. The molecule has 0 aliphatic carbocycles. The Morgan fingerprint density at radius 3 is 2.41 bits per heavy atom. The van der Waals surface area contributed by atoms with Crippen LogP contribution < -0.4 is 15.5 Å². The van der Waals surface area contributed by atoms with Crippen LogP contribution in [0.15, 0.2) is 48.5 Å². The van der Waals surface area contributed by atoms with Gasteiger partial charge in [0.1, 0.15) is 0 Å². The van der Waals surface area contributed by atoms with Gasteiger partial charge in [0.25, 0.3) is 5.91 Å². The van der Waals surface area contributed by atoms with E-state index in [0.717, 1.165) is 5.69 Å². The number of aromatic carboxylic acids is 1. The molecule has 0 atom stereocenters. The number of nitrogens with zero attached hydrogens (tertiary/aromatic N) is 2. The number of amides is 2. The average Bonchev–Trinajstić information content (AvgIpc) is 2.80. The predicted octanol–water partition coefficient (Wildman–Crippen LogP) is 1.52. The minimum atomic E-state index is -1.11. The zero-order valence-electron chi connectivity index (χ0n) is 18.0. The summed E-state index contributed by atoms with van der Waals surface area (Å²) in [5.41, 5.74) is 1.51. The molecule has 3 N–H and O–H groups in total. The van der Waals surface area contributed by atoms with Crippen LogP contribution in [0.5, 0.6) is 0 Å². The van der Waals surface area contributed by atoms with Crippen LogP contribution in [-0.4, -0.2) is 80.8 Å². The molecular formula is C23H28N4O5. The maximum Gasteiger partial charge on any atom is 0.337 e. The fourth-order valence-corrected chi connectivity index (χ4v) is 3.51. The summed E-state index contributed by atoms with van der Waals surface area (Å²) in [4.78, 5) is 40.4. The summed E-state index contributed by atoms with van der Waals surface area (Å²) in [6.07, 6.45) is 0. The smallest absolute Gasteiger partial charge is 0.337 e. The number of hydrogen-bond donors (Lipinski definition) is 3. The van der Waals surface area contributed by atoms with Crippen molar-refractivity contribution in [3.8, 4) is 0 Å². The molecule has 0 bridgehead atoms. The molecule has 1 aliphatic heterocycles. The number of carbonyl (C=O) groups is 3. The number of carbonyl (C=O) groups excluding carboxylic acids is 2. The van der Waals surface area contributed by atoms with Gasteiger partial charge in [0.15, 0.2) is 0 Å². The van der Waals surface area contributed by atoms with Crippen molar-refractivity contribution in [1.29, 1.82) is 0 Å². The van der Waals surface area contributed by atoms with Crippen LogP contribution in [0.25, 0.3) is 0 Å². The highest BCUT2D eigenvalue weighted by Crippen LogP contribution is 2.25. The monoisotopic (exact) mass is 440 g/mol. The molecule has 1 aliphatic rings. The van der Waals surface area contributed by atoms with E-state index in [1.807, 2.05) is 6.07 Å². The van der Waals surface area contributed by atoms with Crippen molar-refractivity contribution >= 4 is 29.2 Å². The van der Waals surface area contributed by atoms with E-state index in [-0.39, 0.29) is 23.1 Å². The zero-order valence-corrected chi connectivity index (χ0v) is 18.0. The Kier molecular flexibility index (Phi) is 8.18. The Morgan fingerprint density at radius 2 is 1.75 bits per heavy atom. The van der Waals surface area contributed by atoms with Crippen LogP contribution >= 0.6 is 0 Å². The van der Waals surface area contributed by atoms with E-state index < -0.39 is 5.97 Å². The quantitative estimate of drug-likeness (QED) is 0.507. The minimum absolute atomic E-state index is 0.0340. The number of methoxy groups -OCH3 is 1. The predicted molar refractivity (Wildman–Crippen MR) is 121 cm³/mol. The largest absolute Gasteiger partial charge is 0.478 e. The Labute approximate surface area is 187 Å². The third kappa shape index (κ3) is 6.29. The molecule has 2 amide bonds. The first kappa shape index (κ1) is 23.2. The fourth-order valence-electron chi connectivity index (χ4n) is 3.51. The van der Waals surface area contributed by atoms with Gasteiger partial charge in [-0.25, -0.2) is 4.79 Å². The molecule has 0 aromatic heterocycles. The number of benzene rings is 2. The van der Waals surface area contributed by atoms with E-state index >= 15 is 0 Å². The molecule has 3 rings (SSSR count). The Bertz CT molecular complexity index is 943. The van der Waals surface area contributed by atoms with Crippen molar-refractivity contribution in [2.45, 2.75) is 0 Å². The molecule has 170 valence electrons. The number of nitrogens with one attached hydrogen (secondary N) is 2. The SMILES string of the molecule is COCCNC(=O)CN1CCN(c2ccc(NC(=O)c3ccccc3)c(C(=O)O)c2)CC1. The van der Waals surface area contributed by atoms with E-state index in [2.05, 4.69) is 20.4 Å². The van der Waals surface area contributed by atoms with E-state index in [1.165, 1.54) is 0 Å². The zero-order chi connectivity index (χ0) is 22.9. The number of rotatable bonds is 9. The number of carboxylic acids is 1. The van der Waals surface area contributed by atoms with Gasteiger partial charge >= 0.3 is 5.97 Å². The van der Waals surface area contributed by atoms with Crippen molar-refractivity contribution in [2.24, 2.45) is 0 Å². The van der Waals surface area contributed by atoms with E-state index in [9.17, 15) is 19.5 Å². The average molecular weight is 441 g/mol. The molecule has 0 radical (unpaired) electrons. The van der Waals surface area contributed by atoms with Crippen molar-refractivity contribution in [3.63, 3.8) is 0 Å². The van der Waals surface area contributed by atoms with Crippen molar-refractivity contribution in [1.82, 2.24) is 10.2 Å². The summed E-state index contributed by atoms with van der Waals surface area (Å²) in [6, 6.07) is 13.6. The van der Waals surface area contributed by atoms with Gasteiger partial charge in [-0.05, 0) is 30.3 Å². The lowest BCUT2D eigenvalue weighted by molar-refractivity contribution is -0.122.